The number of carbonyl (C=O) groups is 1. The van der Waals surface area contributed by atoms with Crippen molar-refractivity contribution in [3.8, 4) is 17.4 Å². The highest BCUT2D eigenvalue weighted by atomic mass is 19.4. The molecule has 32 heavy (non-hydrogen) atoms. The smallest absolute Gasteiger partial charge is 0.416 e. The van der Waals surface area contributed by atoms with Gasteiger partial charge in [-0.15, -0.1) is 0 Å². The minimum Gasteiger partial charge on any atom is -0.439 e. The van der Waals surface area contributed by atoms with E-state index in [0.717, 1.165) is 12.1 Å². The molecule has 1 amide bonds. The highest BCUT2D eigenvalue weighted by molar-refractivity contribution is 5.92. The molecule has 0 saturated carbocycles. The second-order valence-electron chi connectivity index (χ2n) is 6.73. The molecular formula is C22H16F3N5O2. The molecule has 2 aromatic carbocycles. The van der Waals surface area contributed by atoms with Crippen LogP contribution in [0.1, 0.15) is 11.1 Å². The Bertz CT molecular complexity index is 1190. The van der Waals surface area contributed by atoms with Gasteiger partial charge in [-0.3, -0.25) is 9.36 Å². The first kappa shape index (κ1) is 21.0. The number of aromatic nitrogens is 4. The standard InChI is InChI=1S/C22H16F3N5O2/c23-22(24,25)16-3-1-15(2-4-16)11-20(31)29-17-5-7-18(8-6-17)32-21-12-19(27-13-28-21)30-10-9-26-14-30/h1-10,12-14H,11H2,(H,29,31). The Hall–Kier alpha value is -4.21. The van der Waals surface area contributed by atoms with Crippen LogP contribution >= 0.6 is 0 Å². The van der Waals surface area contributed by atoms with Gasteiger partial charge in [-0.25, -0.2) is 15.0 Å². The fraction of sp³-hybridized carbons (Fsp3) is 0.0909. The molecule has 4 aromatic rings. The number of carbonyl (C=O) groups excluding carboxylic acids is 1. The second kappa shape index (κ2) is 8.88. The Morgan fingerprint density at radius 2 is 1.78 bits per heavy atom. The SMILES string of the molecule is O=C(Cc1ccc(C(F)(F)F)cc1)Nc1ccc(Oc2cc(-n3ccnc3)ncn2)cc1. The fourth-order valence-corrected chi connectivity index (χ4v) is 2.85. The van der Waals surface area contributed by atoms with Gasteiger partial charge in [0.1, 0.15) is 24.2 Å². The second-order valence-corrected chi connectivity index (χ2v) is 6.73. The van der Waals surface area contributed by atoms with Gasteiger partial charge in [-0.1, -0.05) is 12.1 Å². The summed E-state index contributed by atoms with van der Waals surface area (Å²) in [5, 5.41) is 2.70. The van der Waals surface area contributed by atoms with Crippen molar-refractivity contribution in [1.82, 2.24) is 19.5 Å². The van der Waals surface area contributed by atoms with E-state index in [4.69, 9.17) is 4.74 Å². The summed E-state index contributed by atoms with van der Waals surface area (Å²) in [5.41, 5.74) is 0.252. The maximum Gasteiger partial charge on any atom is 0.416 e. The van der Waals surface area contributed by atoms with Crippen molar-refractivity contribution in [2.45, 2.75) is 12.6 Å². The van der Waals surface area contributed by atoms with E-state index in [2.05, 4.69) is 20.3 Å². The van der Waals surface area contributed by atoms with E-state index in [-0.39, 0.29) is 12.3 Å². The van der Waals surface area contributed by atoms with Gasteiger partial charge in [-0.2, -0.15) is 13.2 Å². The molecule has 0 aliphatic carbocycles. The van der Waals surface area contributed by atoms with Crippen molar-refractivity contribution in [2.24, 2.45) is 0 Å². The van der Waals surface area contributed by atoms with Gasteiger partial charge in [0.2, 0.25) is 11.8 Å². The number of imidazole rings is 1. The van der Waals surface area contributed by atoms with Crippen LogP contribution in [-0.4, -0.2) is 25.4 Å². The summed E-state index contributed by atoms with van der Waals surface area (Å²) in [6.07, 6.45) is 1.90. The Morgan fingerprint density at radius 3 is 2.44 bits per heavy atom. The molecule has 0 spiro atoms. The molecule has 0 aliphatic rings. The topological polar surface area (TPSA) is 81.9 Å². The highest BCUT2D eigenvalue weighted by Crippen LogP contribution is 2.29. The van der Waals surface area contributed by atoms with Crippen LogP contribution < -0.4 is 10.1 Å². The number of hydrogen-bond donors (Lipinski definition) is 1. The minimum atomic E-state index is -4.41. The molecule has 4 rings (SSSR count). The average molecular weight is 439 g/mol. The van der Waals surface area contributed by atoms with E-state index >= 15 is 0 Å². The van der Waals surface area contributed by atoms with Gasteiger partial charge >= 0.3 is 6.18 Å². The van der Waals surface area contributed by atoms with Gasteiger partial charge in [0.15, 0.2) is 0 Å². The molecule has 0 fully saturated rings. The largest absolute Gasteiger partial charge is 0.439 e. The number of rotatable bonds is 6. The molecule has 0 unspecified atom stereocenters. The van der Waals surface area contributed by atoms with Gasteiger partial charge in [-0.05, 0) is 42.0 Å². The van der Waals surface area contributed by atoms with E-state index in [1.807, 2.05) is 0 Å². The number of ether oxygens (including phenoxy) is 1. The molecular weight excluding hydrogens is 423 g/mol. The lowest BCUT2D eigenvalue weighted by Crippen LogP contribution is -2.14. The lowest BCUT2D eigenvalue weighted by Gasteiger charge is -2.09. The molecule has 0 atom stereocenters. The first-order valence-electron chi connectivity index (χ1n) is 9.41. The van der Waals surface area contributed by atoms with Gasteiger partial charge in [0, 0.05) is 24.1 Å². The number of nitrogens with one attached hydrogen (secondary N) is 1. The van der Waals surface area contributed by atoms with Crippen LogP contribution in [0.25, 0.3) is 5.82 Å². The van der Waals surface area contributed by atoms with Crippen LogP contribution in [0.5, 0.6) is 11.6 Å². The van der Waals surface area contributed by atoms with Crippen molar-refractivity contribution in [1.29, 1.82) is 0 Å². The maximum absolute atomic E-state index is 12.6. The molecule has 162 valence electrons. The van der Waals surface area contributed by atoms with Crippen LogP contribution in [0.3, 0.4) is 0 Å². The summed E-state index contributed by atoms with van der Waals surface area (Å²) in [7, 11) is 0. The van der Waals surface area contributed by atoms with Gasteiger partial charge in [0.25, 0.3) is 0 Å². The molecule has 1 N–H and O–H groups in total. The number of hydrogen-bond acceptors (Lipinski definition) is 5. The van der Waals surface area contributed by atoms with Gasteiger partial charge < -0.3 is 10.1 Å². The summed E-state index contributed by atoms with van der Waals surface area (Å²) in [4.78, 5) is 24.4. The summed E-state index contributed by atoms with van der Waals surface area (Å²) in [6.45, 7) is 0. The third-order valence-electron chi connectivity index (χ3n) is 4.40. The van der Waals surface area contributed by atoms with Crippen molar-refractivity contribution in [3.63, 3.8) is 0 Å². The molecule has 0 saturated heterocycles. The predicted octanol–water partition coefficient (Wildman–Crippen LogP) is 4.65. The first-order chi connectivity index (χ1) is 15.4. The zero-order chi connectivity index (χ0) is 22.6. The van der Waals surface area contributed by atoms with Crippen LogP contribution in [0.4, 0.5) is 18.9 Å². The lowest BCUT2D eigenvalue weighted by atomic mass is 10.1. The number of nitrogens with zero attached hydrogens (tertiary/aromatic N) is 4. The quantitative estimate of drug-likeness (QED) is 0.473. The van der Waals surface area contributed by atoms with Crippen molar-refractivity contribution < 1.29 is 22.7 Å². The lowest BCUT2D eigenvalue weighted by molar-refractivity contribution is -0.137. The van der Waals surface area contributed by atoms with Gasteiger partial charge in [0.05, 0.1) is 12.0 Å². The minimum absolute atomic E-state index is 0.0473. The average Bonchev–Trinajstić information content (AvgIpc) is 3.30. The highest BCUT2D eigenvalue weighted by Gasteiger charge is 2.29. The molecule has 2 heterocycles. The van der Waals surface area contributed by atoms with Crippen LogP contribution in [0, 0.1) is 0 Å². The zero-order valence-corrected chi connectivity index (χ0v) is 16.5. The molecule has 7 nitrogen and oxygen atoms in total. The molecule has 0 radical (unpaired) electrons. The third kappa shape index (κ3) is 5.28. The Labute approximate surface area is 180 Å². The summed E-state index contributed by atoms with van der Waals surface area (Å²) in [6, 6.07) is 12.8. The Balaban J connectivity index is 1.35. The number of alkyl halides is 3. The fourth-order valence-electron chi connectivity index (χ4n) is 2.85. The Kier molecular flexibility index (Phi) is 5.84. The van der Waals surface area contributed by atoms with E-state index in [0.29, 0.717) is 28.7 Å². The van der Waals surface area contributed by atoms with Crippen molar-refractivity contribution >= 4 is 11.6 Å². The van der Waals surface area contributed by atoms with Crippen LogP contribution in [0.2, 0.25) is 0 Å². The number of amides is 1. The summed E-state index contributed by atoms with van der Waals surface area (Å²) in [5.74, 6) is 1.09. The number of anilines is 1. The van der Waals surface area contributed by atoms with E-state index in [1.54, 1.807) is 53.6 Å². The maximum atomic E-state index is 12.6. The van der Waals surface area contributed by atoms with E-state index < -0.39 is 11.7 Å². The monoisotopic (exact) mass is 439 g/mol. The van der Waals surface area contributed by atoms with E-state index in [1.165, 1.54) is 18.5 Å². The molecule has 2 aromatic heterocycles. The van der Waals surface area contributed by atoms with Crippen molar-refractivity contribution in [3.05, 3.63) is 90.8 Å². The summed E-state index contributed by atoms with van der Waals surface area (Å²) < 4.78 is 45.3. The van der Waals surface area contributed by atoms with Crippen LogP contribution in [0.15, 0.2) is 79.6 Å². The third-order valence-corrected chi connectivity index (χ3v) is 4.40. The van der Waals surface area contributed by atoms with Crippen molar-refractivity contribution in [2.75, 3.05) is 5.32 Å². The first-order valence-corrected chi connectivity index (χ1v) is 9.41. The zero-order valence-electron chi connectivity index (χ0n) is 16.5. The molecule has 10 heteroatoms. The number of benzene rings is 2. The van der Waals surface area contributed by atoms with Crippen LogP contribution in [-0.2, 0) is 17.4 Å². The molecule has 0 aliphatic heterocycles. The summed E-state index contributed by atoms with van der Waals surface area (Å²) >= 11 is 0. The Morgan fingerprint density at radius 1 is 1.03 bits per heavy atom. The molecule has 0 bridgehead atoms. The normalized spacial score (nSPS) is 11.2. The predicted molar refractivity (Wildman–Crippen MR) is 109 cm³/mol. The van der Waals surface area contributed by atoms with E-state index in [9.17, 15) is 18.0 Å². The number of halogens is 3.